The molecule has 0 aliphatic carbocycles. The van der Waals surface area contributed by atoms with Gasteiger partial charge in [0.1, 0.15) is 11.9 Å². The van der Waals surface area contributed by atoms with Gasteiger partial charge in [0.15, 0.2) is 0 Å². The molecular weight excluding hydrogens is 216 g/mol. The number of rotatable bonds is 3. The van der Waals surface area contributed by atoms with Gasteiger partial charge in [0.05, 0.1) is 25.5 Å². The van der Waals surface area contributed by atoms with Crippen LogP contribution in [0.1, 0.15) is 0 Å². The van der Waals surface area contributed by atoms with E-state index in [1.54, 1.807) is 24.5 Å². The van der Waals surface area contributed by atoms with Gasteiger partial charge in [-0.3, -0.25) is 4.98 Å². The van der Waals surface area contributed by atoms with Gasteiger partial charge < -0.3 is 4.74 Å². The molecule has 0 N–H and O–H groups in total. The van der Waals surface area contributed by atoms with Crippen LogP contribution in [0.25, 0.3) is 0 Å². The molecule has 0 atom stereocenters. The molecule has 0 bridgehead atoms. The summed E-state index contributed by atoms with van der Waals surface area (Å²) in [5, 5.41) is 0. The van der Waals surface area contributed by atoms with E-state index >= 15 is 0 Å². The summed E-state index contributed by atoms with van der Waals surface area (Å²) < 4.78 is 29.0. The van der Waals surface area contributed by atoms with Crippen molar-refractivity contribution in [1.82, 2.24) is 9.29 Å². The molecule has 1 aromatic heterocycles. The molecule has 1 fully saturated rings. The summed E-state index contributed by atoms with van der Waals surface area (Å²) in [7, 11) is -3.05. The zero-order valence-corrected chi connectivity index (χ0v) is 9.14. The molecule has 15 heavy (non-hydrogen) atoms. The first-order valence-electron chi connectivity index (χ1n) is 4.57. The Morgan fingerprint density at radius 1 is 1.53 bits per heavy atom. The quantitative estimate of drug-likeness (QED) is 0.736. The Hall–Kier alpha value is -1.14. The first-order chi connectivity index (χ1) is 7.05. The molecule has 1 aliphatic heterocycles. The molecule has 0 saturated carbocycles. The van der Waals surface area contributed by atoms with Crippen molar-refractivity contribution in [3.8, 4) is 5.75 Å². The van der Waals surface area contributed by atoms with Crippen LogP contribution in [0.3, 0.4) is 0 Å². The first-order valence-corrected chi connectivity index (χ1v) is 6.42. The molecule has 2 rings (SSSR count). The molecule has 1 aromatic rings. The minimum absolute atomic E-state index is 0.0519. The lowest BCUT2D eigenvalue weighted by Crippen LogP contribution is -2.55. The maximum atomic E-state index is 11.1. The fraction of sp³-hybridized carbons (Fsp3) is 0.444. The van der Waals surface area contributed by atoms with Crippen LogP contribution >= 0.6 is 0 Å². The second kappa shape index (κ2) is 3.79. The fourth-order valence-electron chi connectivity index (χ4n) is 1.36. The lowest BCUT2D eigenvalue weighted by Gasteiger charge is -2.36. The van der Waals surface area contributed by atoms with Crippen LogP contribution in [-0.4, -0.2) is 43.2 Å². The van der Waals surface area contributed by atoms with Crippen LogP contribution in [0.5, 0.6) is 5.75 Å². The summed E-state index contributed by atoms with van der Waals surface area (Å²) in [4.78, 5) is 3.91. The van der Waals surface area contributed by atoms with E-state index in [4.69, 9.17) is 4.74 Å². The summed E-state index contributed by atoms with van der Waals surface area (Å²) in [6.07, 6.45) is 4.43. The van der Waals surface area contributed by atoms with E-state index in [2.05, 4.69) is 4.98 Å². The highest BCUT2D eigenvalue weighted by Gasteiger charge is 2.34. The molecule has 5 nitrogen and oxygen atoms in total. The Morgan fingerprint density at radius 2 is 2.27 bits per heavy atom. The van der Waals surface area contributed by atoms with E-state index in [0.29, 0.717) is 18.8 Å². The number of pyridine rings is 1. The molecule has 0 aromatic carbocycles. The van der Waals surface area contributed by atoms with Crippen LogP contribution in [-0.2, 0) is 10.0 Å². The minimum atomic E-state index is -3.05. The highest BCUT2D eigenvalue weighted by Crippen LogP contribution is 2.18. The fourth-order valence-corrected chi connectivity index (χ4v) is 2.23. The van der Waals surface area contributed by atoms with Gasteiger partial charge in [0, 0.05) is 6.20 Å². The number of hydrogen-bond donors (Lipinski definition) is 0. The van der Waals surface area contributed by atoms with Gasteiger partial charge in [-0.05, 0) is 12.1 Å². The minimum Gasteiger partial charge on any atom is -0.486 e. The maximum absolute atomic E-state index is 11.1. The predicted molar refractivity (Wildman–Crippen MR) is 55.1 cm³/mol. The summed E-state index contributed by atoms with van der Waals surface area (Å²) >= 11 is 0. The van der Waals surface area contributed by atoms with Crippen LogP contribution in [0.2, 0.25) is 0 Å². The number of nitrogens with zero attached hydrogens (tertiary/aromatic N) is 2. The third-order valence-corrected chi connectivity index (χ3v) is 3.46. The van der Waals surface area contributed by atoms with E-state index in [1.807, 2.05) is 0 Å². The van der Waals surface area contributed by atoms with Crippen molar-refractivity contribution in [2.45, 2.75) is 6.10 Å². The highest BCUT2D eigenvalue weighted by molar-refractivity contribution is 7.88. The molecule has 0 spiro atoms. The van der Waals surface area contributed by atoms with Crippen molar-refractivity contribution in [1.29, 1.82) is 0 Å². The number of hydrogen-bond acceptors (Lipinski definition) is 4. The zero-order valence-electron chi connectivity index (χ0n) is 8.33. The lowest BCUT2D eigenvalue weighted by molar-refractivity contribution is 0.0764. The van der Waals surface area contributed by atoms with Crippen LogP contribution < -0.4 is 4.74 Å². The Kier molecular flexibility index (Phi) is 2.62. The third kappa shape index (κ3) is 2.45. The number of aromatic nitrogens is 1. The Morgan fingerprint density at radius 3 is 2.80 bits per heavy atom. The summed E-state index contributed by atoms with van der Waals surface area (Å²) in [6, 6.07) is 3.58. The van der Waals surface area contributed by atoms with E-state index in [-0.39, 0.29) is 6.10 Å². The van der Waals surface area contributed by atoms with E-state index in [9.17, 15) is 8.42 Å². The van der Waals surface area contributed by atoms with Gasteiger partial charge in [-0.15, -0.1) is 0 Å². The predicted octanol–water partition coefficient (Wildman–Crippen LogP) is 0.104. The van der Waals surface area contributed by atoms with Crippen LogP contribution in [0.4, 0.5) is 0 Å². The topological polar surface area (TPSA) is 59.5 Å². The van der Waals surface area contributed by atoms with Crippen molar-refractivity contribution < 1.29 is 13.2 Å². The molecular formula is C9H12N2O3S. The van der Waals surface area contributed by atoms with Gasteiger partial charge in [-0.2, -0.15) is 4.31 Å². The van der Waals surface area contributed by atoms with E-state index < -0.39 is 10.0 Å². The molecule has 2 heterocycles. The van der Waals surface area contributed by atoms with E-state index in [0.717, 1.165) is 0 Å². The molecule has 1 aliphatic rings. The van der Waals surface area contributed by atoms with Gasteiger partial charge in [0.2, 0.25) is 10.0 Å². The SMILES string of the molecule is CS(=O)(=O)N1CC(Oc2cccnc2)C1. The molecule has 6 heteroatoms. The smallest absolute Gasteiger partial charge is 0.211 e. The van der Waals surface area contributed by atoms with Crippen LogP contribution in [0.15, 0.2) is 24.5 Å². The summed E-state index contributed by atoms with van der Waals surface area (Å²) in [5.74, 6) is 0.677. The molecule has 0 radical (unpaired) electrons. The van der Waals surface area contributed by atoms with Gasteiger partial charge in [0.25, 0.3) is 0 Å². The molecule has 0 unspecified atom stereocenters. The third-order valence-electron chi connectivity index (χ3n) is 2.22. The van der Waals surface area contributed by atoms with E-state index in [1.165, 1.54) is 10.6 Å². The normalized spacial score (nSPS) is 18.5. The lowest BCUT2D eigenvalue weighted by atomic mass is 10.2. The largest absolute Gasteiger partial charge is 0.486 e. The standard InChI is InChI=1S/C9H12N2O3S/c1-15(12,13)11-6-9(7-11)14-8-3-2-4-10-5-8/h2-5,9H,6-7H2,1H3. The summed E-state index contributed by atoms with van der Waals surface area (Å²) in [5.41, 5.74) is 0. The molecule has 82 valence electrons. The van der Waals surface area contributed by atoms with Gasteiger partial charge in [-0.1, -0.05) is 0 Å². The Balaban J connectivity index is 1.87. The summed E-state index contributed by atoms with van der Waals surface area (Å²) in [6.45, 7) is 0.849. The van der Waals surface area contributed by atoms with Crippen molar-refractivity contribution in [3.05, 3.63) is 24.5 Å². The molecule has 1 saturated heterocycles. The number of sulfonamides is 1. The average molecular weight is 228 g/mol. The first kappa shape index (κ1) is 10.4. The second-order valence-corrected chi connectivity index (χ2v) is 5.49. The molecule has 0 amide bonds. The monoisotopic (exact) mass is 228 g/mol. The van der Waals surface area contributed by atoms with Crippen LogP contribution in [0, 0.1) is 0 Å². The Labute approximate surface area is 88.7 Å². The zero-order chi connectivity index (χ0) is 10.9. The van der Waals surface area contributed by atoms with Gasteiger partial charge >= 0.3 is 0 Å². The van der Waals surface area contributed by atoms with Crippen molar-refractivity contribution in [2.24, 2.45) is 0 Å². The average Bonchev–Trinajstić information content (AvgIpc) is 2.10. The van der Waals surface area contributed by atoms with Crippen molar-refractivity contribution in [3.63, 3.8) is 0 Å². The highest BCUT2D eigenvalue weighted by atomic mass is 32.2. The van der Waals surface area contributed by atoms with Crippen molar-refractivity contribution >= 4 is 10.0 Å². The van der Waals surface area contributed by atoms with Crippen molar-refractivity contribution in [2.75, 3.05) is 19.3 Å². The maximum Gasteiger partial charge on any atom is 0.211 e. The Bertz CT molecular complexity index is 426. The number of ether oxygens (including phenoxy) is 1. The second-order valence-electron chi connectivity index (χ2n) is 3.51. The van der Waals surface area contributed by atoms with Gasteiger partial charge in [-0.25, -0.2) is 8.42 Å².